The second-order valence-corrected chi connectivity index (χ2v) is 4.39. The summed E-state index contributed by atoms with van der Waals surface area (Å²) in [6.45, 7) is 2.53. The van der Waals surface area contributed by atoms with Gasteiger partial charge in [0.2, 0.25) is 0 Å². The predicted octanol–water partition coefficient (Wildman–Crippen LogP) is 2.95. The summed E-state index contributed by atoms with van der Waals surface area (Å²) < 4.78 is 5.38. The van der Waals surface area contributed by atoms with Gasteiger partial charge in [-0.3, -0.25) is 4.79 Å². The molecule has 3 heteroatoms. The molecule has 2 unspecified atom stereocenters. The quantitative estimate of drug-likeness (QED) is 0.722. The lowest BCUT2D eigenvalue weighted by atomic mass is 9.95. The van der Waals surface area contributed by atoms with Crippen molar-refractivity contribution in [1.82, 2.24) is 0 Å². The van der Waals surface area contributed by atoms with Gasteiger partial charge >= 0.3 is 0 Å². The summed E-state index contributed by atoms with van der Waals surface area (Å²) >= 11 is 5.84. The fourth-order valence-electron chi connectivity index (χ4n) is 1.88. The number of carbonyl (C=O) groups excluding carboxylic acids is 1. The summed E-state index contributed by atoms with van der Waals surface area (Å²) in [6.07, 6.45) is 1.00. The van der Waals surface area contributed by atoms with Crippen LogP contribution in [0.1, 0.15) is 23.7 Å². The zero-order valence-corrected chi connectivity index (χ0v) is 9.33. The largest absolute Gasteiger partial charge is 0.378 e. The van der Waals surface area contributed by atoms with E-state index in [-0.39, 0.29) is 17.8 Å². The third kappa shape index (κ3) is 2.39. The molecule has 80 valence electrons. The van der Waals surface area contributed by atoms with Crippen molar-refractivity contribution in [2.45, 2.75) is 19.4 Å². The zero-order chi connectivity index (χ0) is 10.8. The van der Waals surface area contributed by atoms with Crippen LogP contribution in [0.4, 0.5) is 0 Å². The Morgan fingerprint density at radius 1 is 1.53 bits per heavy atom. The first kappa shape index (κ1) is 10.7. The molecule has 2 atom stereocenters. The van der Waals surface area contributed by atoms with Gasteiger partial charge in [-0.25, -0.2) is 0 Å². The highest BCUT2D eigenvalue weighted by molar-refractivity contribution is 6.31. The molecule has 0 saturated carbocycles. The SMILES string of the molecule is CC1CC(C(=O)c2cccc(Cl)c2)CO1. The number of hydrogen-bond acceptors (Lipinski definition) is 2. The average molecular weight is 225 g/mol. The standard InChI is InChI=1S/C12H13ClO2/c1-8-5-10(7-15-8)12(14)9-3-2-4-11(13)6-9/h2-4,6,8,10H,5,7H2,1H3. The molecule has 1 heterocycles. The third-order valence-electron chi connectivity index (χ3n) is 2.68. The number of halogens is 1. The van der Waals surface area contributed by atoms with E-state index in [1.165, 1.54) is 0 Å². The van der Waals surface area contributed by atoms with Crippen LogP contribution in [-0.4, -0.2) is 18.5 Å². The van der Waals surface area contributed by atoms with Gasteiger partial charge in [0.25, 0.3) is 0 Å². The fraction of sp³-hybridized carbons (Fsp3) is 0.417. The van der Waals surface area contributed by atoms with Gasteiger partial charge in [0.05, 0.1) is 12.7 Å². The lowest BCUT2D eigenvalue weighted by Crippen LogP contribution is -2.14. The lowest BCUT2D eigenvalue weighted by Gasteiger charge is -2.06. The van der Waals surface area contributed by atoms with E-state index < -0.39 is 0 Å². The molecule has 1 aromatic carbocycles. The van der Waals surface area contributed by atoms with Crippen LogP contribution in [0, 0.1) is 5.92 Å². The Morgan fingerprint density at radius 3 is 2.93 bits per heavy atom. The lowest BCUT2D eigenvalue weighted by molar-refractivity contribution is 0.0877. The van der Waals surface area contributed by atoms with Crippen molar-refractivity contribution in [2.24, 2.45) is 5.92 Å². The summed E-state index contributed by atoms with van der Waals surface area (Å²) in [5, 5.41) is 0.604. The van der Waals surface area contributed by atoms with Crippen LogP contribution in [0.5, 0.6) is 0 Å². The second-order valence-electron chi connectivity index (χ2n) is 3.95. The Labute approximate surface area is 94.2 Å². The van der Waals surface area contributed by atoms with Gasteiger partial charge in [-0.05, 0) is 25.5 Å². The van der Waals surface area contributed by atoms with Crippen LogP contribution in [-0.2, 0) is 4.74 Å². The highest BCUT2D eigenvalue weighted by Crippen LogP contribution is 2.24. The number of ketones is 1. The number of rotatable bonds is 2. The molecule has 2 nitrogen and oxygen atoms in total. The number of ether oxygens (including phenoxy) is 1. The number of benzene rings is 1. The zero-order valence-electron chi connectivity index (χ0n) is 8.57. The Bertz CT molecular complexity index is 376. The molecule has 0 radical (unpaired) electrons. The predicted molar refractivity (Wildman–Crippen MR) is 59.3 cm³/mol. The monoisotopic (exact) mass is 224 g/mol. The van der Waals surface area contributed by atoms with E-state index in [1.54, 1.807) is 24.3 Å². The van der Waals surface area contributed by atoms with Crippen LogP contribution in [0.15, 0.2) is 24.3 Å². The molecule has 0 aromatic heterocycles. The van der Waals surface area contributed by atoms with Crippen LogP contribution in [0.25, 0.3) is 0 Å². The summed E-state index contributed by atoms with van der Waals surface area (Å²) in [6, 6.07) is 7.09. The maximum atomic E-state index is 12.0. The molecule has 0 aliphatic carbocycles. The average Bonchev–Trinajstić information content (AvgIpc) is 2.64. The van der Waals surface area contributed by atoms with Gasteiger partial charge in [0, 0.05) is 16.5 Å². The minimum atomic E-state index is -0.00142. The second kappa shape index (κ2) is 4.33. The maximum Gasteiger partial charge on any atom is 0.168 e. The molecule has 0 N–H and O–H groups in total. The minimum absolute atomic E-state index is 0.00142. The number of hydrogen-bond donors (Lipinski definition) is 0. The highest BCUT2D eigenvalue weighted by atomic mass is 35.5. The van der Waals surface area contributed by atoms with Gasteiger partial charge in [-0.1, -0.05) is 23.7 Å². The molecule has 15 heavy (non-hydrogen) atoms. The summed E-state index contributed by atoms with van der Waals surface area (Å²) in [5.74, 6) is 0.139. The molecule has 1 aromatic rings. The van der Waals surface area contributed by atoms with Crippen molar-refractivity contribution in [2.75, 3.05) is 6.61 Å². The topological polar surface area (TPSA) is 26.3 Å². The van der Waals surface area contributed by atoms with E-state index in [1.807, 2.05) is 6.92 Å². The van der Waals surface area contributed by atoms with Gasteiger partial charge < -0.3 is 4.74 Å². The van der Waals surface area contributed by atoms with Crippen molar-refractivity contribution >= 4 is 17.4 Å². The molecule has 0 spiro atoms. The van der Waals surface area contributed by atoms with Crippen LogP contribution >= 0.6 is 11.6 Å². The summed E-state index contributed by atoms with van der Waals surface area (Å²) in [4.78, 5) is 12.0. The van der Waals surface area contributed by atoms with Crippen LogP contribution in [0.2, 0.25) is 5.02 Å². The minimum Gasteiger partial charge on any atom is -0.378 e. The summed E-state index contributed by atoms with van der Waals surface area (Å²) in [5.41, 5.74) is 0.685. The third-order valence-corrected chi connectivity index (χ3v) is 2.91. The van der Waals surface area contributed by atoms with Crippen molar-refractivity contribution < 1.29 is 9.53 Å². The van der Waals surface area contributed by atoms with E-state index >= 15 is 0 Å². The van der Waals surface area contributed by atoms with Crippen molar-refractivity contribution in [1.29, 1.82) is 0 Å². The first-order valence-corrected chi connectivity index (χ1v) is 5.46. The van der Waals surface area contributed by atoms with Gasteiger partial charge in [0.15, 0.2) is 5.78 Å². The molecule has 0 amide bonds. The first-order valence-electron chi connectivity index (χ1n) is 5.08. The van der Waals surface area contributed by atoms with E-state index in [2.05, 4.69) is 0 Å². The Balaban J connectivity index is 2.14. The highest BCUT2D eigenvalue weighted by Gasteiger charge is 2.28. The molecule has 1 aliphatic rings. The van der Waals surface area contributed by atoms with Gasteiger partial charge in [-0.2, -0.15) is 0 Å². The van der Waals surface area contributed by atoms with E-state index in [0.717, 1.165) is 6.42 Å². The number of carbonyl (C=O) groups is 1. The molecule has 1 saturated heterocycles. The molecule has 0 bridgehead atoms. The maximum absolute atomic E-state index is 12.0. The molecule has 1 fully saturated rings. The van der Waals surface area contributed by atoms with Crippen molar-refractivity contribution in [3.05, 3.63) is 34.9 Å². The Hall–Kier alpha value is -0.860. The normalized spacial score (nSPS) is 25.5. The Morgan fingerprint density at radius 2 is 2.33 bits per heavy atom. The van der Waals surface area contributed by atoms with Gasteiger partial charge in [-0.15, -0.1) is 0 Å². The van der Waals surface area contributed by atoms with E-state index in [9.17, 15) is 4.79 Å². The van der Waals surface area contributed by atoms with Crippen molar-refractivity contribution in [3.8, 4) is 0 Å². The molecular formula is C12H13ClO2. The number of Topliss-reactive ketones (excluding diaryl/α,β-unsaturated/α-hetero) is 1. The molecule has 1 aliphatic heterocycles. The van der Waals surface area contributed by atoms with Crippen LogP contribution in [0.3, 0.4) is 0 Å². The smallest absolute Gasteiger partial charge is 0.168 e. The molecular weight excluding hydrogens is 212 g/mol. The first-order chi connectivity index (χ1) is 7.16. The van der Waals surface area contributed by atoms with E-state index in [4.69, 9.17) is 16.3 Å². The Kier molecular flexibility index (Phi) is 3.08. The fourth-order valence-corrected chi connectivity index (χ4v) is 2.07. The van der Waals surface area contributed by atoms with E-state index in [0.29, 0.717) is 17.2 Å². The van der Waals surface area contributed by atoms with Crippen molar-refractivity contribution in [3.63, 3.8) is 0 Å². The van der Waals surface area contributed by atoms with Crippen LogP contribution < -0.4 is 0 Å². The molecule has 2 rings (SSSR count). The van der Waals surface area contributed by atoms with Gasteiger partial charge in [0.1, 0.15) is 0 Å². The summed E-state index contributed by atoms with van der Waals surface area (Å²) in [7, 11) is 0.